The molecule has 1 N–H and O–H groups in total. The van der Waals surface area contributed by atoms with E-state index in [1.165, 1.54) is 5.69 Å². The summed E-state index contributed by atoms with van der Waals surface area (Å²) in [5, 5.41) is 2.48. The molecule has 114 valence electrons. The number of amides is 1. The molecule has 1 unspecified atom stereocenters. The first-order valence-electron chi connectivity index (χ1n) is 7.81. The van der Waals surface area contributed by atoms with Crippen molar-refractivity contribution in [1.29, 1.82) is 0 Å². The number of pyridine rings is 1. The van der Waals surface area contributed by atoms with Crippen LogP contribution in [0.25, 0.3) is 0 Å². The average molecular weight is 299 g/mol. The molecule has 1 fully saturated rings. The third-order valence-corrected chi connectivity index (χ3v) is 3.75. The molecule has 22 heavy (non-hydrogen) atoms. The summed E-state index contributed by atoms with van der Waals surface area (Å²) in [6.45, 7) is 3.51. The average Bonchev–Trinajstić information content (AvgIpc) is 2.51. The topological polar surface area (TPSA) is 54.5 Å². The van der Waals surface area contributed by atoms with Crippen molar-refractivity contribution in [2.24, 2.45) is 0 Å². The molecule has 1 saturated heterocycles. The van der Waals surface area contributed by atoms with E-state index >= 15 is 0 Å². The number of para-hydroxylation sites is 1. The molecule has 5 nitrogen and oxygen atoms in total. The maximum atomic E-state index is 10.7. The minimum Gasteiger partial charge on any atom is -0.485 e. The molecule has 0 aliphatic carbocycles. The van der Waals surface area contributed by atoms with Gasteiger partial charge in [0, 0.05) is 5.69 Å². The van der Waals surface area contributed by atoms with Gasteiger partial charge in [-0.1, -0.05) is 18.2 Å². The molecule has 1 aliphatic heterocycles. The van der Waals surface area contributed by atoms with Crippen LogP contribution in [0.5, 0.6) is 5.75 Å². The Balaban J connectivity index is 1.51. The fraction of sp³-hybridized carbons (Fsp3) is 0.294. The second-order valence-corrected chi connectivity index (χ2v) is 5.37. The van der Waals surface area contributed by atoms with Gasteiger partial charge in [-0.2, -0.15) is 0 Å². The van der Waals surface area contributed by atoms with Crippen molar-refractivity contribution in [3.63, 3.8) is 0 Å². The monoisotopic (exact) mass is 299 g/mol. The molecule has 1 atom stereocenters. The maximum Gasteiger partial charge on any atom is 0.207 e. The number of nitrogens with one attached hydrogen (secondary N) is 1. The van der Waals surface area contributed by atoms with Gasteiger partial charge in [0.05, 0.1) is 31.0 Å². The number of rotatable bonds is 5. The molecule has 2 aromatic rings. The smallest absolute Gasteiger partial charge is 0.207 e. The van der Waals surface area contributed by atoms with E-state index < -0.39 is 6.39 Å². The summed E-state index contributed by atoms with van der Waals surface area (Å²) in [6, 6.07) is 13.6. The van der Waals surface area contributed by atoms with Gasteiger partial charge in [0.1, 0.15) is 13.2 Å². The van der Waals surface area contributed by atoms with Gasteiger partial charge >= 0.3 is 0 Å². The molecule has 1 amide bonds. The van der Waals surface area contributed by atoms with Crippen LogP contribution in [0.3, 0.4) is 0 Å². The largest absolute Gasteiger partial charge is 0.485 e. The zero-order valence-electron chi connectivity index (χ0n) is 13.4. The zero-order valence-corrected chi connectivity index (χ0v) is 12.4. The van der Waals surface area contributed by atoms with Crippen LogP contribution in [-0.2, 0) is 4.79 Å². The van der Waals surface area contributed by atoms with E-state index in [1.54, 1.807) is 13.1 Å². The Morgan fingerprint density at radius 1 is 1.36 bits per heavy atom. The Kier molecular flexibility index (Phi) is 3.86. The number of carbonyl (C=O) groups is 1. The first kappa shape index (κ1) is 13.1. The maximum absolute atomic E-state index is 10.7. The number of aromatic nitrogens is 1. The molecule has 0 spiro atoms. The summed E-state index contributed by atoms with van der Waals surface area (Å²) < 4.78 is 12.8. The van der Waals surface area contributed by atoms with Crippen molar-refractivity contribution >= 4 is 12.1 Å². The van der Waals surface area contributed by atoms with Gasteiger partial charge in [-0.3, -0.25) is 9.78 Å². The van der Waals surface area contributed by atoms with E-state index in [2.05, 4.69) is 27.3 Å². The molecule has 1 aromatic carbocycles. The number of carbonyl (C=O) groups excluding carboxylic acids is 1. The van der Waals surface area contributed by atoms with Crippen molar-refractivity contribution in [3.8, 4) is 5.75 Å². The lowest BCUT2D eigenvalue weighted by molar-refractivity contribution is -0.110. The zero-order chi connectivity index (χ0) is 16.2. The van der Waals surface area contributed by atoms with E-state index in [1.807, 2.05) is 30.3 Å². The highest BCUT2D eigenvalue weighted by atomic mass is 16.5. The van der Waals surface area contributed by atoms with Gasteiger partial charge in [-0.25, -0.2) is 0 Å². The van der Waals surface area contributed by atoms with Crippen LogP contribution < -0.4 is 15.0 Å². The molecule has 0 bridgehead atoms. The normalized spacial score (nSPS) is 16.4. The number of hydrogen-bond donors (Lipinski definition) is 1. The van der Waals surface area contributed by atoms with E-state index in [4.69, 9.17) is 6.11 Å². The first-order chi connectivity index (χ1) is 11.1. The van der Waals surface area contributed by atoms with Crippen LogP contribution in [0, 0.1) is 0 Å². The number of hydrogen-bond acceptors (Lipinski definition) is 4. The molecule has 3 rings (SSSR count). The van der Waals surface area contributed by atoms with E-state index in [9.17, 15) is 4.79 Å². The number of benzene rings is 1. The minimum absolute atomic E-state index is 0.160. The highest BCUT2D eigenvalue weighted by molar-refractivity contribution is 5.49. The quantitative estimate of drug-likeness (QED) is 0.860. The number of ether oxygens (including phenoxy) is 1. The number of anilines is 1. The number of nitrogens with zero attached hydrogens (tertiary/aromatic N) is 2. The van der Waals surface area contributed by atoms with Gasteiger partial charge in [0.2, 0.25) is 6.39 Å². The Hall–Kier alpha value is -2.56. The fourth-order valence-electron chi connectivity index (χ4n) is 2.43. The van der Waals surface area contributed by atoms with Crippen LogP contribution in [0.1, 0.15) is 20.0 Å². The highest BCUT2D eigenvalue weighted by Gasteiger charge is 2.28. The van der Waals surface area contributed by atoms with Crippen LogP contribution in [0.2, 0.25) is 0 Å². The van der Waals surface area contributed by atoms with E-state index in [-0.39, 0.29) is 12.1 Å². The Morgan fingerprint density at radius 2 is 2.14 bits per heavy atom. The predicted octanol–water partition coefficient (Wildman–Crippen LogP) is 2.16. The van der Waals surface area contributed by atoms with Crippen LogP contribution in [0.15, 0.2) is 48.7 Å². The van der Waals surface area contributed by atoms with Gasteiger partial charge in [-0.05, 0) is 31.2 Å². The van der Waals surface area contributed by atoms with E-state index in [0.29, 0.717) is 5.69 Å². The SMILES string of the molecule is [3H]C(=O)NC(C)c1ccc(OC2CN(c3ccccc3)C2)cn1. The van der Waals surface area contributed by atoms with Crippen molar-refractivity contribution in [2.45, 2.75) is 19.1 Å². The summed E-state index contributed by atoms with van der Waals surface area (Å²) in [4.78, 5) is 17.3. The van der Waals surface area contributed by atoms with Crippen molar-refractivity contribution in [3.05, 3.63) is 54.4 Å². The van der Waals surface area contributed by atoms with Gasteiger partial charge < -0.3 is 15.0 Å². The van der Waals surface area contributed by atoms with Crippen molar-refractivity contribution in [2.75, 3.05) is 18.0 Å². The molecule has 5 heteroatoms. The van der Waals surface area contributed by atoms with Gasteiger partial charge in [0.25, 0.3) is 0 Å². The summed E-state index contributed by atoms with van der Waals surface area (Å²) >= 11 is 0. The summed E-state index contributed by atoms with van der Waals surface area (Å²) in [5.41, 5.74) is 1.92. The molecular weight excluding hydrogens is 278 g/mol. The lowest BCUT2D eigenvalue weighted by Crippen LogP contribution is -2.54. The van der Waals surface area contributed by atoms with Crippen molar-refractivity contribution in [1.82, 2.24) is 10.3 Å². The van der Waals surface area contributed by atoms with Crippen LogP contribution >= 0.6 is 0 Å². The molecular formula is C17H19N3O2. The van der Waals surface area contributed by atoms with E-state index in [0.717, 1.165) is 18.8 Å². The molecule has 2 heterocycles. The molecule has 1 aliphatic rings. The highest BCUT2D eigenvalue weighted by Crippen LogP contribution is 2.24. The fourth-order valence-corrected chi connectivity index (χ4v) is 2.43. The van der Waals surface area contributed by atoms with Crippen LogP contribution in [-0.4, -0.2) is 30.6 Å². The molecule has 0 saturated carbocycles. The predicted molar refractivity (Wildman–Crippen MR) is 84.9 cm³/mol. The molecule has 1 aromatic heterocycles. The summed E-state index contributed by atoms with van der Waals surface area (Å²) in [6.07, 6.45) is 1.01. The lowest BCUT2D eigenvalue weighted by Gasteiger charge is -2.40. The second kappa shape index (κ2) is 6.47. The third-order valence-electron chi connectivity index (χ3n) is 3.75. The Labute approximate surface area is 131 Å². The van der Waals surface area contributed by atoms with Crippen molar-refractivity contribution < 1.29 is 10.9 Å². The second-order valence-electron chi connectivity index (χ2n) is 5.37. The standard InChI is InChI=1S/C17H19N3O2/c1-13(19-12-21)17-8-7-15(9-18-17)22-16-10-20(11-16)14-5-3-2-4-6-14/h2-9,12-13,16H,10-11H2,1H3,(H,19,21)/i12T. The third kappa shape index (κ3) is 3.19. The van der Waals surface area contributed by atoms with Crippen LogP contribution in [0.4, 0.5) is 5.69 Å². The Morgan fingerprint density at radius 3 is 2.77 bits per heavy atom. The minimum atomic E-state index is -0.810. The summed E-state index contributed by atoms with van der Waals surface area (Å²) in [5.74, 6) is 0.718. The Bertz CT molecular complexity index is 657. The molecule has 0 radical (unpaired) electrons. The lowest BCUT2D eigenvalue weighted by atomic mass is 10.1. The van der Waals surface area contributed by atoms with Gasteiger partial charge in [-0.15, -0.1) is 0 Å². The first-order valence-corrected chi connectivity index (χ1v) is 7.31. The van der Waals surface area contributed by atoms with Gasteiger partial charge in [0.15, 0.2) is 0 Å². The summed E-state index contributed by atoms with van der Waals surface area (Å²) in [7, 11) is 0.